The number of fused-ring (bicyclic) bond motifs is 1. The number of benzene rings is 1. The summed E-state index contributed by atoms with van der Waals surface area (Å²) in [6.45, 7) is 9.93. The number of nitrogens with one attached hydrogen (secondary N) is 1. The lowest BCUT2D eigenvalue weighted by Gasteiger charge is -2.20. The molecule has 2 nitrogen and oxygen atoms in total. The Morgan fingerprint density at radius 2 is 2.00 bits per heavy atom. The van der Waals surface area contributed by atoms with E-state index in [-0.39, 0.29) is 5.54 Å². The van der Waals surface area contributed by atoms with Crippen LogP contribution >= 0.6 is 0 Å². The van der Waals surface area contributed by atoms with E-state index in [9.17, 15) is 0 Å². The predicted octanol–water partition coefficient (Wildman–Crippen LogP) is 4.11. The molecule has 0 aliphatic carbocycles. The zero-order chi connectivity index (χ0) is 14.6. The van der Waals surface area contributed by atoms with E-state index in [1.807, 2.05) is 0 Å². The van der Waals surface area contributed by atoms with Crippen LogP contribution in [0.1, 0.15) is 58.1 Å². The Hall–Kier alpha value is -1.02. The molecule has 1 heterocycles. The molecule has 0 saturated carbocycles. The minimum absolute atomic E-state index is 0.247. The molecular weight excluding hydrogens is 246 g/mol. The topological polar surface area (TPSA) is 21.3 Å². The Balaban J connectivity index is 1.67. The molecule has 1 aromatic rings. The largest absolute Gasteiger partial charge is 0.490 e. The summed E-state index contributed by atoms with van der Waals surface area (Å²) in [5.74, 6) is 1.09. The van der Waals surface area contributed by atoms with Crippen molar-refractivity contribution in [3.8, 4) is 5.75 Å². The van der Waals surface area contributed by atoms with Gasteiger partial charge >= 0.3 is 0 Å². The van der Waals surface area contributed by atoms with E-state index < -0.39 is 0 Å². The average Bonchev–Trinajstić information content (AvgIpc) is 2.71. The number of unbranched alkanes of at least 4 members (excludes halogenated alkanes) is 2. The molecule has 0 spiro atoms. The van der Waals surface area contributed by atoms with Crippen LogP contribution in [0.5, 0.6) is 5.75 Å². The van der Waals surface area contributed by atoms with Crippen molar-refractivity contribution < 1.29 is 4.74 Å². The predicted molar refractivity (Wildman–Crippen MR) is 85.5 cm³/mol. The van der Waals surface area contributed by atoms with Gasteiger partial charge in [0.25, 0.3) is 0 Å². The summed E-state index contributed by atoms with van der Waals surface area (Å²) in [7, 11) is 0. The Labute approximate surface area is 123 Å². The number of hydrogen-bond acceptors (Lipinski definition) is 2. The zero-order valence-corrected chi connectivity index (χ0v) is 13.5. The number of hydrogen-bond donors (Lipinski definition) is 1. The van der Waals surface area contributed by atoms with E-state index in [1.165, 1.54) is 36.8 Å². The summed E-state index contributed by atoms with van der Waals surface area (Å²) in [5, 5.41) is 3.54. The van der Waals surface area contributed by atoms with E-state index in [0.29, 0.717) is 6.10 Å². The zero-order valence-electron chi connectivity index (χ0n) is 13.5. The molecule has 0 fully saturated rings. The van der Waals surface area contributed by atoms with Gasteiger partial charge < -0.3 is 10.1 Å². The number of rotatable bonds is 6. The molecule has 1 aromatic carbocycles. The van der Waals surface area contributed by atoms with Crippen LogP contribution in [0.15, 0.2) is 18.2 Å². The Morgan fingerprint density at radius 1 is 1.20 bits per heavy atom. The van der Waals surface area contributed by atoms with Crippen molar-refractivity contribution in [2.45, 2.75) is 71.4 Å². The summed E-state index contributed by atoms with van der Waals surface area (Å²) >= 11 is 0. The summed E-state index contributed by atoms with van der Waals surface area (Å²) in [4.78, 5) is 0. The van der Waals surface area contributed by atoms with Crippen molar-refractivity contribution in [2.75, 3.05) is 6.54 Å². The lowest BCUT2D eigenvalue weighted by atomic mass is 10.0. The molecule has 2 heteroatoms. The maximum Gasteiger partial charge on any atom is 0.123 e. The van der Waals surface area contributed by atoms with E-state index in [1.54, 1.807) is 0 Å². The molecular formula is C18H29NO. The fourth-order valence-electron chi connectivity index (χ4n) is 2.73. The molecule has 1 aliphatic heterocycles. The molecule has 0 radical (unpaired) electrons. The molecule has 1 N–H and O–H groups in total. The second-order valence-electron chi connectivity index (χ2n) is 7.06. The first-order chi connectivity index (χ1) is 9.44. The van der Waals surface area contributed by atoms with Crippen LogP contribution in [0.25, 0.3) is 0 Å². The Bertz CT molecular complexity index is 434. The summed E-state index contributed by atoms with van der Waals surface area (Å²) < 4.78 is 5.74. The lowest BCUT2D eigenvalue weighted by molar-refractivity contribution is 0.254. The summed E-state index contributed by atoms with van der Waals surface area (Å²) in [6.07, 6.45) is 6.45. The monoisotopic (exact) mass is 275 g/mol. The van der Waals surface area contributed by atoms with E-state index in [2.05, 4.69) is 51.2 Å². The highest BCUT2D eigenvalue weighted by Gasteiger charge is 2.18. The second kappa shape index (κ2) is 6.62. The van der Waals surface area contributed by atoms with E-state index >= 15 is 0 Å². The maximum atomic E-state index is 5.74. The van der Waals surface area contributed by atoms with Crippen molar-refractivity contribution in [1.29, 1.82) is 0 Å². The van der Waals surface area contributed by atoms with Crippen molar-refractivity contribution in [3.05, 3.63) is 29.3 Å². The highest BCUT2D eigenvalue weighted by molar-refractivity contribution is 5.40. The number of aryl methyl sites for hydroxylation is 1. The van der Waals surface area contributed by atoms with Crippen LogP contribution in [0, 0.1) is 0 Å². The van der Waals surface area contributed by atoms with Gasteiger partial charge in [0.05, 0.1) is 0 Å². The molecule has 1 aliphatic rings. The molecule has 1 atom stereocenters. The quantitative estimate of drug-likeness (QED) is 0.789. The molecule has 0 bridgehead atoms. The van der Waals surface area contributed by atoms with Crippen LogP contribution in [0.3, 0.4) is 0 Å². The fourth-order valence-corrected chi connectivity index (χ4v) is 2.73. The van der Waals surface area contributed by atoms with E-state index in [0.717, 1.165) is 18.7 Å². The summed E-state index contributed by atoms with van der Waals surface area (Å²) in [6, 6.07) is 6.71. The fraction of sp³-hybridized carbons (Fsp3) is 0.667. The molecule has 0 saturated heterocycles. The highest BCUT2D eigenvalue weighted by Crippen LogP contribution is 2.29. The van der Waals surface area contributed by atoms with Crippen LogP contribution in [0.4, 0.5) is 0 Å². The molecule has 2 rings (SSSR count). The van der Waals surface area contributed by atoms with Gasteiger partial charge in [-0.05, 0) is 70.7 Å². The van der Waals surface area contributed by atoms with Crippen LogP contribution in [-0.4, -0.2) is 18.2 Å². The first-order valence-electron chi connectivity index (χ1n) is 7.97. The average molecular weight is 275 g/mol. The van der Waals surface area contributed by atoms with Gasteiger partial charge in [0.15, 0.2) is 0 Å². The third kappa shape index (κ3) is 4.82. The minimum atomic E-state index is 0.247. The van der Waals surface area contributed by atoms with Gasteiger partial charge in [0.2, 0.25) is 0 Å². The normalized spacial score (nSPS) is 17.9. The van der Waals surface area contributed by atoms with Gasteiger partial charge in [0.1, 0.15) is 11.9 Å². The molecule has 20 heavy (non-hydrogen) atoms. The van der Waals surface area contributed by atoms with Crippen LogP contribution < -0.4 is 10.1 Å². The smallest absolute Gasteiger partial charge is 0.123 e. The van der Waals surface area contributed by atoms with E-state index in [4.69, 9.17) is 4.74 Å². The first kappa shape index (κ1) is 15.4. The first-order valence-corrected chi connectivity index (χ1v) is 7.97. The van der Waals surface area contributed by atoms with Gasteiger partial charge in [-0.3, -0.25) is 0 Å². The number of ether oxygens (including phenoxy) is 1. The van der Waals surface area contributed by atoms with Gasteiger partial charge in [-0.1, -0.05) is 18.6 Å². The molecule has 0 amide bonds. The van der Waals surface area contributed by atoms with Crippen molar-refractivity contribution in [3.63, 3.8) is 0 Å². The molecule has 112 valence electrons. The van der Waals surface area contributed by atoms with Crippen LogP contribution in [-0.2, 0) is 12.8 Å². The van der Waals surface area contributed by atoms with Gasteiger partial charge in [-0.15, -0.1) is 0 Å². The Morgan fingerprint density at radius 3 is 2.75 bits per heavy atom. The highest BCUT2D eigenvalue weighted by atomic mass is 16.5. The van der Waals surface area contributed by atoms with Gasteiger partial charge in [0, 0.05) is 12.0 Å². The molecule has 1 unspecified atom stereocenters. The van der Waals surface area contributed by atoms with Crippen molar-refractivity contribution in [2.24, 2.45) is 0 Å². The van der Waals surface area contributed by atoms with Gasteiger partial charge in [-0.25, -0.2) is 0 Å². The van der Waals surface area contributed by atoms with Crippen LogP contribution in [0.2, 0.25) is 0 Å². The third-order valence-corrected chi connectivity index (χ3v) is 3.76. The lowest BCUT2D eigenvalue weighted by Crippen LogP contribution is -2.36. The second-order valence-corrected chi connectivity index (χ2v) is 7.06. The summed E-state index contributed by atoms with van der Waals surface area (Å²) in [5.41, 5.74) is 3.10. The SMILES string of the molecule is CC1Cc2cc(CCCCCNC(C)(C)C)ccc2O1. The maximum absolute atomic E-state index is 5.74. The molecule has 0 aromatic heterocycles. The Kier molecular flexibility index (Phi) is 5.09. The van der Waals surface area contributed by atoms with Gasteiger partial charge in [-0.2, -0.15) is 0 Å². The minimum Gasteiger partial charge on any atom is -0.490 e. The van der Waals surface area contributed by atoms with Crippen molar-refractivity contribution in [1.82, 2.24) is 5.32 Å². The third-order valence-electron chi connectivity index (χ3n) is 3.76. The van der Waals surface area contributed by atoms with Crippen molar-refractivity contribution >= 4 is 0 Å². The standard InChI is InChI=1S/C18H29NO/c1-14-12-16-13-15(9-10-17(16)20-14)8-6-5-7-11-19-18(2,3)4/h9-10,13-14,19H,5-8,11-12H2,1-4H3.